The van der Waals surface area contributed by atoms with E-state index in [-0.39, 0.29) is 24.0 Å². The molecule has 3 heterocycles. The molecule has 2 aliphatic rings. The molecular formula is C23H33IN4O4. The smallest absolute Gasteiger partial charge is 0.195 e. The zero-order valence-corrected chi connectivity index (χ0v) is 20.7. The average molecular weight is 556 g/mol. The molecular weight excluding hydrogens is 523 g/mol. The molecule has 0 aliphatic carbocycles. The Morgan fingerprint density at radius 3 is 2.69 bits per heavy atom. The molecule has 1 aromatic heterocycles. The number of hydrogen-bond acceptors (Lipinski definition) is 6. The van der Waals surface area contributed by atoms with Crippen LogP contribution in [0.2, 0.25) is 0 Å². The average Bonchev–Trinajstić information content (AvgIpc) is 3.21. The van der Waals surface area contributed by atoms with Gasteiger partial charge in [-0.1, -0.05) is 0 Å². The summed E-state index contributed by atoms with van der Waals surface area (Å²) in [6.45, 7) is 7.54. The van der Waals surface area contributed by atoms with E-state index < -0.39 is 0 Å². The normalized spacial score (nSPS) is 16.7. The van der Waals surface area contributed by atoms with Crippen molar-refractivity contribution in [2.45, 2.75) is 19.3 Å². The lowest BCUT2D eigenvalue weighted by molar-refractivity contribution is 0.0377. The van der Waals surface area contributed by atoms with Crippen LogP contribution in [0.3, 0.4) is 0 Å². The van der Waals surface area contributed by atoms with Gasteiger partial charge in [0.25, 0.3) is 0 Å². The minimum Gasteiger partial charge on any atom is -0.490 e. The number of fused-ring (bicyclic) bond motifs is 1. The summed E-state index contributed by atoms with van der Waals surface area (Å²) in [6.07, 6.45) is 4.39. The Hall–Kier alpha value is -1.98. The van der Waals surface area contributed by atoms with Crippen LogP contribution in [0.4, 0.5) is 5.69 Å². The molecule has 0 atom stereocenters. The largest absolute Gasteiger partial charge is 0.490 e. The van der Waals surface area contributed by atoms with Gasteiger partial charge in [-0.25, -0.2) is 0 Å². The lowest BCUT2D eigenvalue weighted by Crippen LogP contribution is -2.37. The fourth-order valence-electron chi connectivity index (χ4n) is 3.59. The van der Waals surface area contributed by atoms with E-state index in [0.717, 1.165) is 94.1 Å². The molecule has 2 N–H and O–H groups in total. The molecule has 0 spiro atoms. The molecule has 176 valence electrons. The summed E-state index contributed by atoms with van der Waals surface area (Å²) in [5.74, 6) is 3.26. The zero-order valence-electron chi connectivity index (χ0n) is 18.4. The van der Waals surface area contributed by atoms with Crippen LogP contribution in [0, 0.1) is 0 Å². The number of ether oxygens (including phenoxy) is 3. The molecule has 1 saturated heterocycles. The Balaban J connectivity index is 0.00000289. The standard InChI is InChI=1S/C23H32N4O4.HI/c1-4-20(29-13-1)7-9-25-23(24-8-2-10-27-11-16-28-17-12-27)26-19-5-6-21-22(18-19)31-15-3-14-30-21;/h1,4-6,13,18H,2-3,7-12,14-17H2,(H2,24,25,26);1H. The molecule has 2 aromatic rings. The van der Waals surface area contributed by atoms with Crippen LogP contribution >= 0.6 is 24.0 Å². The van der Waals surface area contributed by atoms with Crippen molar-refractivity contribution >= 4 is 35.6 Å². The van der Waals surface area contributed by atoms with E-state index in [2.05, 4.69) is 15.5 Å². The van der Waals surface area contributed by atoms with Crippen LogP contribution in [0.15, 0.2) is 46.0 Å². The van der Waals surface area contributed by atoms with Gasteiger partial charge < -0.3 is 29.3 Å². The maximum absolute atomic E-state index is 5.81. The van der Waals surface area contributed by atoms with E-state index >= 15 is 0 Å². The van der Waals surface area contributed by atoms with Gasteiger partial charge >= 0.3 is 0 Å². The second-order valence-corrected chi connectivity index (χ2v) is 7.63. The highest BCUT2D eigenvalue weighted by Gasteiger charge is 2.12. The van der Waals surface area contributed by atoms with Crippen molar-refractivity contribution in [3.63, 3.8) is 0 Å². The van der Waals surface area contributed by atoms with E-state index in [1.54, 1.807) is 6.26 Å². The summed E-state index contributed by atoms with van der Waals surface area (Å²) in [4.78, 5) is 7.22. The number of aliphatic imine (C=N–C) groups is 1. The number of nitrogens with one attached hydrogen (secondary N) is 2. The van der Waals surface area contributed by atoms with Crippen molar-refractivity contribution in [3.05, 3.63) is 42.4 Å². The second-order valence-electron chi connectivity index (χ2n) is 7.63. The third kappa shape index (κ3) is 7.86. The van der Waals surface area contributed by atoms with Gasteiger partial charge in [-0.3, -0.25) is 9.89 Å². The first kappa shape index (κ1) is 24.7. The van der Waals surface area contributed by atoms with Crippen molar-refractivity contribution in [1.82, 2.24) is 10.2 Å². The summed E-state index contributed by atoms with van der Waals surface area (Å²) in [5, 5.41) is 6.82. The van der Waals surface area contributed by atoms with Crippen molar-refractivity contribution in [1.29, 1.82) is 0 Å². The third-order valence-electron chi connectivity index (χ3n) is 5.26. The molecule has 0 amide bonds. The second kappa shape index (κ2) is 13.5. The van der Waals surface area contributed by atoms with Crippen LogP contribution < -0.4 is 20.1 Å². The van der Waals surface area contributed by atoms with Crippen molar-refractivity contribution in [2.75, 3.05) is 64.5 Å². The summed E-state index contributed by atoms with van der Waals surface area (Å²) in [6, 6.07) is 9.80. The van der Waals surface area contributed by atoms with Gasteiger partial charge in [0.2, 0.25) is 0 Å². The quantitative estimate of drug-likeness (QED) is 0.224. The van der Waals surface area contributed by atoms with Crippen LogP contribution in [-0.4, -0.2) is 70.0 Å². The highest BCUT2D eigenvalue weighted by atomic mass is 127. The number of anilines is 1. The number of nitrogens with zero attached hydrogens (tertiary/aromatic N) is 2. The minimum absolute atomic E-state index is 0. The molecule has 0 saturated carbocycles. The SMILES string of the molecule is I.c1coc(CCNC(=NCCCN2CCOCC2)Nc2ccc3c(c2)OCCCO3)c1. The van der Waals surface area contributed by atoms with Crippen molar-refractivity contribution in [2.24, 2.45) is 4.99 Å². The van der Waals surface area contributed by atoms with Crippen LogP contribution in [-0.2, 0) is 11.2 Å². The summed E-state index contributed by atoms with van der Waals surface area (Å²) in [5.41, 5.74) is 0.918. The Labute approximate surface area is 206 Å². The summed E-state index contributed by atoms with van der Waals surface area (Å²) < 4.78 is 22.4. The topological polar surface area (TPSA) is 80.5 Å². The molecule has 1 aromatic carbocycles. The molecule has 0 radical (unpaired) electrons. The number of rotatable bonds is 8. The predicted molar refractivity (Wildman–Crippen MR) is 136 cm³/mol. The Morgan fingerprint density at radius 2 is 1.88 bits per heavy atom. The number of halogens is 1. The van der Waals surface area contributed by atoms with E-state index in [1.165, 1.54) is 0 Å². The zero-order chi connectivity index (χ0) is 21.1. The molecule has 9 heteroatoms. The van der Waals surface area contributed by atoms with E-state index in [4.69, 9.17) is 23.6 Å². The Kier molecular flexibility index (Phi) is 10.4. The van der Waals surface area contributed by atoms with E-state index in [9.17, 15) is 0 Å². The van der Waals surface area contributed by atoms with Gasteiger partial charge in [-0.05, 0) is 30.7 Å². The Morgan fingerprint density at radius 1 is 1.03 bits per heavy atom. The van der Waals surface area contributed by atoms with Crippen LogP contribution in [0.25, 0.3) is 0 Å². The monoisotopic (exact) mass is 556 g/mol. The Bertz CT molecular complexity index is 825. The molecule has 4 rings (SSSR count). The highest BCUT2D eigenvalue weighted by Crippen LogP contribution is 2.32. The van der Waals surface area contributed by atoms with Gasteiger partial charge in [0.1, 0.15) is 5.76 Å². The van der Waals surface area contributed by atoms with Gasteiger partial charge in [-0.2, -0.15) is 0 Å². The fraction of sp³-hybridized carbons (Fsp3) is 0.522. The molecule has 0 bridgehead atoms. The van der Waals surface area contributed by atoms with Gasteiger partial charge in [0.05, 0.1) is 32.7 Å². The maximum Gasteiger partial charge on any atom is 0.195 e. The molecule has 1 fully saturated rings. The lowest BCUT2D eigenvalue weighted by atomic mass is 10.2. The number of morpholine rings is 1. The maximum atomic E-state index is 5.81. The molecule has 8 nitrogen and oxygen atoms in total. The molecule has 0 unspecified atom stereocenters. The van der Waals surface area contributed by atoms with Crippen molar-refractivity contribution < 1.29 is 18.6 Å². The third-order valence-corrected chi connectivity index (χ3v) is 5.26. The number of furan rings is 1. The molecule has 2 aliphatic heterocycles. The van der Waals surface area contributed by atoms with Crippen molar-refractivity contribution in [3.8, 4) is 11.5 Å². The van der Waals surface area contributed by atoms with Crippen LogP contribution in [0.1, 0.15) is 18.6 Å². The minimum atomic E-state index is 0. The van der Waals surface area contributed by atoms with E-state index in [1.807, 2.05) is 30.3 Å². The molecule has 32 heavy (non-hydrogen) atoms. The lowest BCUT2D eigenvalue weighted by Gasteiger charge is -2.26. The summed E-state index contributed by atoms with van der Waals surface area (Å²) in [7, 11) is 0. The first-order chi connectivity index (χ1) is 15.4. The predicted octanol–water partition coefficient (Wildman–Crippen LogP) is 3.38. The van der Waals surface area contributed by atoms with E-state index in [0.29, 0.717) is 13.2 Å². The van der Waals surface area contributed by atoms with Gasteiger partial charge in [0.15, 0.2) is 17.5 Å². The van der Waals surface area contributed by atoms with Gasteiger partial charge in [-0.15, -0.1) is 24.0 Å². The van der Waals surface area contributed by atoms with Gasteiger partial charge in [0, 0.05) is 57.3 Å². The first-order valence-electron chi connectivity index (χ1n) is 11.1. The number of guanidine groups is 1. The number of benzene rings is 1. The first-order valence-corrected chi connectivity index (χ1v) is 11.1. The highest BCUT2D eigenvalue weighted by molar-refractivity contribution is 14.0. The summed E-state index contributed by atoms with van der Waals surface area (Å²) >= 11 is 0. The van der Waals surface area contributed by atoms with Crippen LogP contribution in [0.5, 0.6) is 11.5 Å². The number of hydrogen-bond donors (Lipinski definition) is 2. The fourth-order valence-corrected chi connectivity index (χ4v) is 3.59.